The number of hydrogen-bond donors (Lipinski definition) is 1. The summed E-state index contributed by atoms with van der Waals surface area (Å²) in [5.41, 5.74) is 0.421. The van der Waals surface area contributed by atoms with Crippen molar-refractivity contribution in [1.29, 1.82) is 0 Å². The summed E-state index contributed by atoms with van der Waals surface area (Å²) in [6.45, 7) is 0. The number of ether oxygens (including phenoxy) is 1. The molecule has 1 aromatic carbocycles. The zero-order valence-corrected chi connectivity index (χ0v) is 11.4. The lowest BCUT2D eigenvalue weighted by atomic mass is 10.2. The van der Waals surface area contributed by atoms with Crippen molar-refractivity contribution >= 4 is 34.9 Å². The maximum atomic E-state index is 12.0. The van der Waals surface area contributed by atoms with Gasteiger partial charge in [0, 0.05) is 5.56 Å². The number of anilines is 1. The van der Waals surface area contributed by atoms with Gasteiger partial charge in [0.05, 0.1) is 7.11 Å². The first kappa shape index (κ1) is 13.6. The molecule has 19 heavy (non-hydrogen) atoms. The Balaban J connectivity index is 2.23. The molecule has 98 valence electrons. The van der Waals surface area contributed by atoms with Crippen LogP contribution in [0.4, 0.5) is 5.82 Å². The number of carbonyl (C=O) groups excluding carboxylic acids is 1. The summed E-state index contributed by atoms with van der Waals surface area (Å²) in [5.74, 6) is 0.379. The van der Waals surface area contributed by atoms with Crippen molar-refractivity contribution in [3.05, 3.63) is 46.3 Å². The highest BCUT2D eigenvalue weighted by Crippen LogP contribution is 2.25. The van der Waals surface area contributed by atoms with E-state index in [1.807, 2.05) is 0 Å². The van der Waals surface area contributed by atoms with Crippen LogP contribution in [0.1, 0.15) is 10.4 Å². The van der Waals surface area contributed by atoms with Crippen molar-refractivity contribution in [2.45, 2.75) is 0 Å². The van der Waals surface area contributed by atoms with Gasteiger partial charge in [0.25, 0.3) is 5.91 Å². The molecule has 0 saturated heterocycles. The first-order valence-corrected chi connectivity index (χ1v) is 5.99. The van der Waals surface area contributed by atoms with Gasteiger partial charge in [-0.3, -0.25) is 4.79 Å². The Hall–Kier alpha value is -1.85. The minimum absolute atomic E-state index is 0.0811. The largest absolute Gasteiger partial charge is 0.497 e. The molecule has 1 N–H and O–H groups in total. The zero-order chi connectivity index (χ0) is 13.8. The third kappa shape index (κ3) is 3.13. The van der Waals surface area contributed by atoms with Gasteiger partial charge < -0.3 is 10.1 Å². The number of nitrogens with one attached hydrogen (secondary N) is 1. The summed E-state index contributed by atoms with van der Waals surface area (Å²) in [6.07, 6.45) is 1.22. The molecule has 0 spiro atoms. The summed E-state index contributed by atoms with van der Waals surface area (Å²) >= 11 is 11.6. The average molecular weight is 298 g/mol. The molecule has 0 unspecified atom stereocenters. The molecule has 0 saturated carbocycles. The minimum Gasteiger partial charge on any atom is -0.497 e. The standard InChI is InChI=1S/C12H9Cl2N3O2/c1-19-8-4-2-3-7(5-8)12(18)17-11-9(13)10(14)15-6-16-11/h2-6H,1H3,(H,15,16,17,18). The van der Waals surface area contributed by atoms with E-state index in [9.17, 15) is 4.79 Å². The number of rotatable bonds is 3. The van der Waals surface area contributed by atoms with Crippen LogP contribution in [0.2, 0.25) is 10.2 Å². The van der Waals surface area contributed by atoms with Gasteiger partial charge >= 0.3 is 0 Å². The van der Waals surface area contributed by atoms with E-state index in [2.05, 4.69) is 15.3 Å². The Morgan fingerprint density at radius 1 is 1.32 bits per heavy atom. The van der Waals surface area contributed by atoms with E-state index >= 15 is 0 Å². The van der Waals surface area contributed by atoms with E-state index < -0.39 is 0 Å². The number of amides is 1. The Morgan fingerprint density at radius 2 is 2.11 bits per heavy atom. The molecule has 7 heteroatoms. The SMILES string of the molecule is COc1cccc(C(=O)Nc2ncnc(Cl)c2Cl)c1. The fourth-order valence-corrected chi connectivity index (χ4v) is 1.66. The third-order valence-electron chi connectivity index (χ3n) is 2.31. The number of aromatic nitrogens is 2. The molecule has 2 rings (SSSR count). The molecular formula is C12H9Cl2N3O2. The van der Waals surface area contributed by atoms with Gasteiger partial charge in [0.15, 0.2) is 11.0 Å². The highest BCUT2D eigenvalue weighted by molar-refractivity contribution is 6.43. The zero-order valence-electron chi connectivity index (χ0n) is 9.85. The molecule has 1 amide bonds. The third-order valence-corrected chi connectivity index (χ3v) is 3.05. The van der Waals surface area contributed by atoms with Gasteiger partial charge in [-0.2, -0.15) is 0 Å². The van der Waals surface area contributed by atoms with Gasteiger partial charge in [-0.15, -0.1) is 0 Å². The maximum absolute atomic E-state index is 12.0. The first-order chi connectivity index (χ1) is 9.11. The van der Waals surface area contributed by atoms with E-state index in [1.54, 1.807) is 24.3 Å². The lowest BCUT2D eigenvalue weighted by molar-refractivity contribution is 0.102. The molecule has 0 atom stereocenters. The Labute approximate surface area is 119 Å². The fraction of sp³-hybridized carbons (Fsp3) is 0.0833. The number of hydrogen-bond acceptors (Lipinski definition) is 4. The summed E-state index contributed by atoms with van der Waals surface area (Å²) in [6, 6.07) is 6.70. The van der Waals surface area contributed by atoms with Crippen LogP contribution in [0, 0.1) is 0 Å². The van der Waals surface area contributed by atoms with E-state index in [-0.39, 0.29) is 21.9 Å². The summed E-state index contributed by atoms with van der Waals surface area (Å²) in [5, 5.41) is 2.74. The van der Waals surface area contributed by atoms with E-state index in [4.69, 9.17) is 27.9 Å². The number of halogens is 2. The van der Waals surface area contributed by atoms with E-state index in [0.717, 1.165) is 0 Å². The highest BCUT2D eigenvalue weighted by atomic mass is 35.5. The van der Waals surface area contributed by atoms with Gasteiger partial charge in [-0.25, -0.2) is 9.97 Å². The average Bonchev–Trinajstić information content (AvgIpc) is 2.44. The molecule has 2 aromatic rings. The van der Waals surface area contributed by atoms with Gasteiger partial charge in [-0.05, 0) is 18.2 Å². The molecule has 0 aliphatic heterocycles. The summed E-state index contributed by atoms with van der Waals surface area (Å²) in [7, 11) is 1.53. The Morgan fingerprint density at radius 3 is 2.84 bits per heavy atom. The van der Waals surface area contributed by atoms with Crippen LogP contribution in [0.15, 0.2) is 30.6 Å². The molecule has 0 aliphatic rings. The van der Waals surface area contributed by atoms with Crippen LogP contribution in [-0.4, -0.2) is 23.0 Å². The lowest BCUT2D eigenvalue weighted by Crippen LogP contribution is -2.13. The Bertz CT molecular complexity index is 620. The smallest absolute Gasteiger partial charge is 0.256 e. The van der Waals surface area contributed by atoms with Crippen LogP contribution < -0.4 is 10.1 Å². The molecule has 0 radical (unpaired) electrons. The number of methoxy groups -OCH3 is 1. The lowest BCUT2D eigenvalue weighted by Gasteiger charge is -2.07. The molecule has 5 nitrogen and oxygen atoms in total. The highest BCUT2D eigenvalue weighted by Gasteiger charge is 2.12. The normalized spacial score (nSPS) is 10.1. The molecule has 1 aromatic heterocycles. The van der Waals surface area contributed by atoms with Crippen molar-refractivity contribution in [1.82, 2.24) is 9.97 Å². The number of nitrogens with zero attached hydrogens (tertiary/aromatic N) is 2. The van der Waals surface area contributed by atoms with Crippen molar-refractivity contribution in [2.75, 3.05) is 12.4 Å². The number of carbonyl (C=O) groups is 1. The van der Waals surface area contributed by atoms with Crippen LogP contribution in [-0.2, 0) is 0 Å². The molecule has 1 heterocycles. The van der Waals surface area contributed by atoms with Crippen molar-refractivity contribution in [2.24, 2.45) is 0 Å². The Kier molecular flexibility index (Phi) is 4.19. The van der Waals surface area contributed by atoms with Gasteiger partial charge in [-0.1, -0.05) is 29.3 Å². The van der Waals surface area contributed by atoms with Crippen molar-refractivity contribution < 1.29 is 9.53 Å². The topological polar surface area (TPSA) is 64.1 Å². The molecular weight excluding hydrogens is 289 g/mol. The second-order valence-electron chi connectivity index (χ2n) is 3.51. The van der Waals surface area contributed by atoms with Crippen LogP contribution in [0.3, 0.4) is 0 Å². The maximum Gasteiger partial charge on any atom is 0.256 e. The quantitative estimate of drug-likeness (QED) is 0.885. The van der Waals surface area contributed by atoms with Gasteiger partial charge in [0.1, 0.15) is 17.1 Å². The van der Waals surface area contributed by atoms with E-state index in [1.165, 1.54) is 13.4 Å². The monoisotopic (exact) mass is 297 g/mol. The van der Waals surface area contributed by atoms with E-state index in [0.29, 0.717) is 11.3 Å². The van der Waals surface area contributed by atoms with Crippen molar-refractivity contribution in [3.63, 3.8) is 0 Å². The van der Waals surface area contributed by atoms with Crippen molar-refractivity contribution in [3.8, 4) is 5.75 Å². The first-order valence-electron chi connectivity index (χ1n) is 5.23. The van der Waals surface area contributed by atoms with Crippen LogP contribution in [0.5, 0.6) is 5.75 Å². The van der Waals surface area contributed by atoms with Gasteiger partial charge in [0.2, 0.25) is 0 Å². The number of benzene rings is 1. The molecule has 0 bridgehead atoms. The summed E-state index contributed by atoms with van der Waals surface area (Å²) in [4.78, 5) is 19.6. The van der Waals surface area contributed by atoms with Crippen LogP contribution >= 0.6 is 23.2 Å². The summed E-state index contributed by atoms with van der Waals surface area (Å²) < 4.78 is 5.05. The predicted molar refractivity (Wildman–Crippen MR) is 73.0 cm³/mol. The minimum atomic E-state index is -0.365. The molecule has 0 aliphatic carbocycles. The second-order valence-corrected chi connectivity index (χ2v) is 4.25. The molecule has 0 fully saturated rings. The fourth-order valence-electron chi connectivity index (χ4n) is 1.38. The van der Waals surface area contributed by atoms with Crippen LogP contribution in [0.25, 0.3) is 0 Å². The second kappa shape index (κ2) is 5.86. The predicted octanol–water partition coefficient (Wildman–Crippen LogP) is 3.04.